The van der Waals surface area contributed by atoms with Crippen LogP contribution in [0.4, 0.5) is 5.69 Å². The molecule has 2 aromatic rings. The second-order valence-corrected chi connectivity index (χ2v) is 5.57. The number of amides is 3. The third-order valence-electron chi connectivity index (χ3n) is 3.26. The largest absolute Gasteiger partial charge is 0.366 e. The van der Waals surface area contributed by atoms with Crippen LogP contribution in [0.3, 0.4) is 0 Å². The molecule has 0 aliphatic carbocycles. The van der Waals surface area contributed by atoms with Gasteiger partial charge in [0.2, 0.25) is 11.8 Å². The maximum atomic E-state index is 12.2. The standard InChI is InChI=1S/C17H16ClN3O3/c1-10(20-17(24)11-5-7-13(18)8-6-11)16(23)21-14-4-2-3-12(9-14)15(19)22/h2-10H,1H3,(H2,19,22)(H,20,24)(H,21,23). The van der Waals surface area contributed by atoms with Crippen LogP contribution >= 0.6 is 11.6 Å². The minimum absolute atomic E-state index is 0.283. The smallest absolute Gasteiger partial charge is 0.251 e. The summed E-state index contributed by atoms with van der Waals surface area (Å²) >= 11 is 5.77. The number of halogens is 1. The van der Waals surface area contributed by atoms with Crippen molar-refractivity contribution in [2.75, 3.05) is 5.32 Å². The van der Waals surface area contributed by atoms with E-state index >= 15 is 0 Å². The maximum absolute atomic E-state index is 12.2. The molecule has 1 atom stereocenters. The first-order chi connectivity index (χ1) is 11.4. The van der Waals surface area contributed by atoms with E-state index in [1.54, 1.807) is 49.4 Å². The molecule has 0 aliphatic heterocycles. The monoisotopic (exact) mass is 345 g/mol. The molecule has 0 saturated heterocycles. The number of primary amides is 1. The molecule has 2 rings (SSSR count). The predicted octanol–water partition coefficient (Wildman–Crippen LogP) is 2.20. The van der Waals surface area contributed by atoms with Crippen LogP contribution in [0.1, 0.15) is 27.6 Å². The van der Waals surface area contributed by atoms with E-state index in [0.717, 1.165) is 0 Å². The zero-order valence-corrected chi connectivity index (χ0v) is 13.6. The van der Waals surface area contributed by atoms with Crippen LogP contribution in [0.2, 0.25) is 5.02 Å². The highest BCUT2D eigenvalue weighted by Gasteiger charge is 2.17. The van der Waals surface area contributed by atoms with Gasteiger partial charge in [-0.1, -0.05) is 17.7 Å². The number of anilines is 1. The van der Waals surface area contributed by atoms with Gasteiger partial charge in [-0.3, -0.25) is 14.4 Å². The molecule has 0 saturated carbocycles. The Balaban J connectivity index is 1.99. The molecule has 7 heteroatoms. The number of carbonyl (C=O) groups excluding carboxylic acids is 3. The highest BCUT2D eigenvalue weighted by molar-refractivity contribution is 6.30. The molecule has 0 heterocycles. The highest BCUT2D eigenvalue weighted by Crippen LogP contribution is 2.11. The predicted molar refractivity (Wildman–Crippen MR) is 92.0 cm³/mol. The lowest BCUT2D eigenvalue weighted by molar-refractivity contribution is -0.117. The number of hydrogen-bond acceptors (Lipinski definition) is 3. The summed E-state index contributed by atoms with van der Waals surface area (Å²) in [6, 6.07) is 11.8. The van der Waals surface area contributed by atoms with Crippen molar-refractivity contribution in [3.8, 4) is 0 Å². The van der Waals surface area contributed by atoms with E-state index < -0.39 is 17.9 Å². The van der Waals surface area contributed by atoms with Crippen molar-refractivity contribution in [2.45, 2.75) is 13.0 Å². The van der Waals surface area contributed by atoms with E-state index in [-0.39, 0.29) is 11.5 Å². The summed E-state index contributed by atoms with van der Waals surface area (Å²) in [6.07, 6.45) is 0. The Hall–Kier alpha value is -2.86. The first-order valence-electron chi connectivity index (χ1n) is 7.14. The molecule has 124 valence electrons. The van der Waals surface area contributed by atoms with Gasteiger partial charge in [0.05, 0.1) is 0 Å². The Bertz CT molecular complexity index is 775. The van der Waals surface area contributed by atoms with Gasteiger partial charge in [-0.15, -0.1) is 0 Å². The number of nitrogens with two attached hydrogens (primary N) is 1. The second kappa shape index (κ2) is 7.61. The van der Waals surface area contributed by atoms with Crippen LogP contribution in [-0.4, -0.2) is 23.8 Å². The Morgan fingerprint density at radius 3 is 2.33 bits per heavy atom. The van der Waals surface area contributed by atoms with Gasteiger partial charge in [-0.2, -0.15) is 0 Å². The molecule has 3 amide bonds. The van der Waals surface area contributed by atoms with Gasteiger partial charge in [-0.05, 0) is 49.4 Å². The van der Waals surface area contributed by atoms with Gasteiger partial charge in [0.25, 0.3) is 5.91 Å². The van der Waals surface area contributed by atoms with Crippen LogP contribution in [0.25, 0.3) is 0 Å². The van der Waals surface area contributed by atoms with Crippen molar-refractivity contribution >= 4 is 35.0 Å². The molecular weight excluding hydrogens is 330 g/mol. The number of carbonyl (C=O) groups is 3. The molecule has 2 aromatic carbocycles. The fraction of sp³-hybridized carbons (Fsp3) is 0.118. The summed E-state index contributed by atoms with van der Waals surface area (Å²) in [6.45, 7) is 1.56. The minimum atomic E-state index is -0.773. The molecular formula is C17H16ClN3O3. The summed E-state index contributed by atoms with van der Waals surface area (Å²) < 4.78 is 0. The van der Waals surface area contributed by atoms with E-state index in [1.807, 2.05) is 0 Å². The molecule has 24 heavy (non-hydrogen) atoms. The molecule has 0 spiro atoms. The fourth-order valence-corrected chi connectivity index (χ4v) is 2.07. The average molecular weight is 346 g/mol. The lowest BCUT2D eigenvalue weighted by Gasteiger charge is -2.14. The van der Waals surface area contributed by atoms with E-state index in [9.17, 15) is 14.4 Å². The van der Waals surface area contributed by atoms with Crippen molar-refractivity contribution in [1.82, 2.24) is 5.32 Å². The molecule has 1 unspecified atom stereocenters. The van der Waals surface area contributed by atoms with Crippen molar-refractivity contribution in [2.24, 2.45) is 5.73 Å². The number of nitrogens with one attached hydrogen (secondary N) is 2. The summed E-state index contributed by atoms with van der Waals surface area (Å²) in [4.78, 5) is 35.4. The number of rotatable bonds is 5. The summed E-state index contributed by atoms with van der Waals surface area (Å²) in [5, 5.41) is 5.73. The van der Waals surface area contributed by atoms with Crippen LogP contribution in [0, 0.1) is 0 Å². The van der Waals surface area contributed by atoms with Crippen LogP contribution in [-0.2, 0) is 4.79 Å². The highest BCUT2D eigenvalue weighted by atomic mass is 35.5. The van der Waals surface area contributed by atoms with Crippen LogP contribution in [0.5, 0.6) is 0 Å². The molecule has 0 bridgehead atoms. The zero-order chi connectivity index (χ0) is 17.7. The van der Waals surface area contributed by atoms with E-state index in [0.29, 0.717) is 16.3 Å². The molecule has 4 N–H and O–H groups in total. The van der Waals surface area contributed by atoms with Crippen molar-refractivity contribution in [3.63, 3.8) is 0 Å². The second-order valence-electron chi connectivity index (χ2n) is 5.14. The fourth-order valence-electron chi connectivity index (χ4n) is 1.95. The molecule has 0 radical (unpaired) electrons. The SMILES string of the molecule is CC(NC(=O)c1ccc(Cl)cc1)C(=O)Nc1cccc(C(N)=O)c1. The first-order valence-corrected chi connectivity index (χ1v) is 7.52. The topological polar surface area (TPSA) is 101 Å². The molecule has 0 aliphatic rings. The van der Waals surface area contributed by atoms with Crippen molar-refractivity contribution in [1.29, 1.82) is 0 Å². The van der Waals surface area contributed by atoms with Gasteiger partial charge in [0.15, 0.2) is 0 Å². The Labute approximate surface area is 144 Å². The minimum Gasteiger partial charge on any atom is -0.366 e. The Morgan fingerprint density at radius 2 is 1.71 bits per heavy atom. The quantitative estimate of drug-likeness (QED) is 0.774. The lowest BCUT2D eigenvalue weighted by atomic mass is 10.1. The molecule has 0 aromatic heterocycles. The molecule has 6 nitrogen and oxygen atoms in total. The summed E-state index contributed by atoms with van der Waals surface area (Å²) in [5.74, 6) is -1.39. The van der Waals surface area contributed by atoms with Gasteiger partial charge < -0.3 is 16.4 Å². The summed E-state index contributed by atoms with van der Waals surface area (Å²) in [5.41, 5.74) is 6.30. The number of benzene rings is 2. The van der Waals surface area contributed by atoms with E-state index in [4.69, 9.17) is 17.3 Å². The first kappa shape index (κ1) is 17.5. The van der Waals surface area contributed by atoms with Gasteiger partial charge in [0.1, 0.15) is 6.04 Å². The Morgan fingerprint density at radius 1 is 1.04 bits per heavy atom. The van der Waals surface area contributed by atoms with E-state index in [1.165, 1.54) is 6.07 Å². The van der Waals surface area contributed by atoms with Crippen LogP contribution in [0.15, 0.2) is 48.5 Å². The van der Waals surface area contributed by atoms with Crippen molar-refractivity contribution in [3.05, 3.63) is 64.7 Å². The third-order valence-corrected chi connectivity index (χ3v) is 3.51. The normalized spacial score (nSPS) is 11.4. The summed E-state index contributed by atoms with van der Waals surface area (Å²) in [7, 11) is 0. The van der Waals surface area contributed by atoms with Gasteiger partial charge in [-0.25, -0.2) is 0 Å². The van der Waals surface area contributed by atoms with E-state index in [2.05, 4.69) is 10.6 Å². The lowest BCUT2D eigenvalue weighted by Crippen LogP contribution is -2.41. The average Bonchev–Trinajstić information content (AvgIpc) is 2.55. The third kappa shape index (κ3) is 4.57. The van der Waals surface area contributed by atoms with Crippen LogP contribution < -0.4 is 16.4 Å². The maximum Gasteiger partial charge on any atom is 0.251 e. The van der Waals surface area contributed by atoms with Gasteiger partial charge in [0, 0.05) is 21.8 Å². The number of hydrogen-bond donors (Lipinski definition) is 3. The van der Waals surface area contributed by atoms with Crippen molar-refractivity contribution < 1.29 is 14.4 Å². The Kier molecular flexibility index (Phi) is 5.55. The molecule has 0 fully saturated rings. The zero-order valence-electron chi connectivity index (χ0n) is 12.9. The van der Waals surface area contributed by atoms with Gasteiger partial charge >= 0.3 is 0 Å².